The molecule has 0 spiro atoms. The molecule has 0 radical (unpaired) electrons. The van der Waals surface area contributed by atoms with Crippen molar-refractivity contribution in [3.8, 4) is 0 Å². The number of para-hydroxylation sites is 1. The van der Waals surface area contributed by atoms with E-state index in [9.17, 15) is 4.79 Å². The standard InChI is InChI=1S/C18H21ClN2O/c1-13(14-8-5-4-6-9-14)12-17(22)20-16-11-7-10-15(19)18(16)21(2)3/h4-11,13H,12H2,1-3H3,(H,20,22). The predicted molar refractivity (Wildman–Crippen MR) is 93.9 cm³/mol. The molecule has 3 nitrogen and oxygen atoms in total. The first-order chi connectivity index (χ1) is 10.5. The molecule has 4 heteroatoms. The second kappa shape index (κ2) is 7.32. The average molecular weight is 317 g/mol. The lowest BCUT2D eigenvalue weighted by atomic mass is 9.97. The van der Waals surface area contributed by atoms with Gasteiger partial charge in [0.15, 0.2) is 0 Å². The van der Waals surface area contributed by atoms with Crippen LogP contribution in [0, 0.1) is 0 Å². The Morgan fingerprint density at radius 2 is 1.82 bits per heavy atom. The molecule has 0 aromatic heterocycles. The van der Waals surface area contributed by atoms with Gasteiger partial charge in [-0.15, -0.1) is 0 Å². The van der Waals surface area contributed by atoms with Gasteiger partial charge in [-0.1, -0.05) is 54.9 Å². The highest BCUT2D eigenvalue weighted by Crippen LogP contribution is 2.32. The van der Waals surface area contributed by atoms with Gasteiger partial charge in [-0.3, -0.25) is 4.79 Å². The molecule has 0 bridgehead atoms. The Labute approximate surface area is 136 Å². The monoisotopic (exact) mass is 316 g/mol. The lowest BCUT2D eigenvalue weighted by Gasteiger charge is -2.20. The Morgan fingerprint density at radius 3 is 2.45 bits per heavy atom. The molecule has 0 aliphatic heterocycles. The molecule has 1 N–H and O–H groups in total. The van der Waals surface area contributed by atoms with Gasteiger partial charge in [0.25, 0.3) is 0 Å². The lowest BCUT2D eigenvalue weighted by Crippen LogP contribution is -2.18. The number of hydrogen-bond donors (Lipinski definition) is 1. The molecule has 116 valence electrons. The number of anilines is 2. The molecule has 0 aliphatic carbocycles. The summed E-state index contributed by atoms with van der Waals surface area (Å²) in [4.78, 5) is 14.2. The third kappa shape index (κ3) is 4.01. The maximum Gasteiger partial charge on any atom is 0.225 e. The minimum absolute atomic E-state index is 0.0123. The summed E-state index contributed by atoms with van der Waals surface area (Å²) in [6, 6.07) is 15.6. The number of carbonyl (C=O) groups excluding carboxylic acids is 1. The number of nitrogens with zero attached hydrogens (tertiary/aromatic N) is 1. The highest BCUT2D eigenvalue weighted by Gasteiger charge is 2.14. The van der Waals surface area contributed by atoms with Crippen LogP contribution in [-0.4, -0.2) is 20.0 Å². The van der Waals surface area contributed by atoms with Gasteiger partial charge in [0.05, 0.1) is 16.4 Å². The zero-order valence-corrected chi connectivity index (χ0v) is 13.9. The number of benzene rings is 2. The Bertz CT molecular complexity index is 641. The van der Waals surface area contributed by atoms with Crippen LogP contribution >= 0.6 is 11.6 Å². The molecular formula is C18H21ClN2O. The second-order valence-electron chi connectivity index (χ2n) is 5.59. The van der Waals surface area contributed by atoms with Crippen LogP contribution in [0.4, 0.5) is 11.4 Å². The molecule has 0 heterocycles. The summed E-state index contributed by atoms with van der Waals surface area (Å²) in [5.41, 5.74) is 2.73. The largest absolute Gasteiger partial charge is 0.375 e. The third-order valence-electron chi connectivity index (χ3n) is 3.57. The van der Waals surface area contributed by atoms with E-state index in [0.29, 0.717) is 11.4 Å². The van der Waals surface area contributed by atoms with Crippen LogP contribution in [0.5, 0.6) is 0 Å². The van der Waals surface area contributed by atoms with Crippen molar-refractivity contribution in [2.45, 2.75) is 19.3 Å². The SMILES string of the molecule is CC(CC(=O)Nc1cccc(Cl)c1N(C)C)c1ccccc1. The van der Waals surface area contributed by atoms with E-state index in [4.69, 9.17) is 11.6 Å². The quantitative estimate of drug-likeness (QED) is 0.878. The lowest BCUT2D eigenvalue weighted by molar-refractivity contribution is -0.116. The maximum atomic E-state index is 12.3. The van der Waals surface area contributed by atoms with Crippen molar-refractivity contribution in [2.75, 3.05) is 24.3 Å². The fourth-order valence-electron chi connectivity index (χ4n) is 2.45. The highest BCUT2D eigenvalue weighted by molar-refractivity contribution is 6.34. The Hall–Kier alpha value is -2.00. The van der Waals surface area contributed by atoms with Crippen LogP contribution in [0.1, 0.15) is 24.8 Å². The van der Waals surface area contributed by atoms with E-state index >= 15 is 0 Å². The predicted octanol–water partition coefficient (Wildman–Crippen LogP) is 4.54. The summed E-state index contributed by atoms with van der Waals surface area (Å²) in [5, 5.41) is 3.59. The van der Waals surface area contributed by atoms with E-state index in [2.05, 4.69) is 12.2 Å². The van der Waals surface area contributed by atoms with Gasteiger partial charge in [0.2, 0.25) is 5.91 Å². The number of carbonyl (C=O) groups is 1. The molecule has 2 aromatic rings. The Morgan fingerprint density at radius 1 is 1.14 bits per heavy atom. The van der Waals surface area contributed by atoms with E-state index in [0.717, 1.165) is 16.9 Å². The Balaban J connectivity index is 2.08. The first-order valence-corrected chi connectivity index (χ1v) is 7.67. The van der Waals surface area contributed by atoms with Crippen molar-refractivity contribution in [1.29, 1.82) is 0 Å². The molecule has 0 saturated heterocycles. The van der Waals surface area contributed by atoms with E-state index in [-0.39, 0.29) is 11.8 Å². The van der Waals surface area contributed by atoms with Crippen LogP contribution in [0.3, 0.4) is 0 Å². The number of halogens is 1. The molecule has 0 saturated carbocycles. The van der Waals surface area contributed by atoms with Crippen molar-refractivity contribution in [1.82, 2.24) is 0 Å². The number of rotatable bonds is 5. The zero-order chi connectivity index (χ0) is 16.1. The third-order valence-corrected chi connectivity index (χ3v) is 3.87. The number of amides is 1. The summed E-state index contributed by atoms with van der Waals surface area (Å²) in [5.74, 6) is 0.157. The summed E-state index contributed by atoms with van der Waals surface area (Å²) in [7, 11) is 3.81. The maximum absolute atomic E-state index is 12.3. The van der Waals surface area contributed by atoms with Crippen LogP contribution in [0.2, 0.25) is 5.02 Å². The van der Waals surface area contributed by atoms with Crippen LogP contribution in [-0.2, 0) is 4.79 Å². The van der Waals surface area contributed by atoms with Gasteiger partial charge in [-0.2, -0.15) is 0 Å². The van der Waals surface area contributed by atoms with Crippen molar-refractivity contribution in [3.63, 3.8) is 0 Å². The number of nitrogens with one attached hydrogen (secondary N) is 1. The average Bonchev–Trinajstić information content (AvgIpc) is 2.47. The summed E-state index contributed by atoms with van der Waals surface area (Å²) in [6.45, 7) is 2.06. The van der Waals surface area contributed by atoms with Gasteiger partial charge < -0.3 is 10.2 Å². The summed E-state index contributed by atoms with van der Waals surface area (Å²) >= 11 is 6.22. The van der Waals surface area contributed by atoms with Crippen molar-refractivity contribution in [2.24, 2.45) is 0 Å². The molecular weight excluding hydrogens is 296 g/mol. The molecule has 1 atom stereocenters. The fraction of sp³-hybridized carbons (Fsp3) is 0.278. The zero-order valence-electron chi connectivity index (χ0n) is 13.1. The first kappa shape index (κ1) is 16.4. The summed E-state index contributed by atoms with van der Waals surface area (Å²) in [6.07, 6.45) is 0.434. The fourth-order valence-corrected chi connectivity index (χ4v) is 2.79. The van der Waals surface area contributed by atoms with Crippen LogP contribution < -0.4 is 10.2 Å². The van der Waals surface area contributed by atoms with E-state index in [1.807, 2.05) is 67.5 Å². The van der Waals surface area contributed by atoms with E-state index < -0.39 is 0 Å². The minimum Gasteiger partial charge on any atom is -0.375 e. The van der Waals surface area contributed by atoms with E-state index in [1.54, 1.807) is 0 Å². The van der Waals surface area contributed by atoms with Gasteiger partial charge in [-0.05, 0) is 23.6 Å². The van der Waals surface area contributed by atoms with Gasteiger partial charge in [0, 0.05) is 20.5 Å². The topological polar surface area (TPSA) is 32.3 Å². The molecule has 0 fully saturated rings. The summed E-state index contributed by atoms with van der Waals surface area (Å²) < 4.78 is 0. The van der Waals surface area contributed by atoms with E-state index in [1.165, 1.54) is 0 Å². The normalized spacial score (nSPS) is 11.8. The van der Waals surface area contributed by atoms with Crippen molar-refractivity contribution >= 4 is 28.9 Å². The van der Waals surface area contributed by atoms with Gasteiger partial charge in [0.1, 0.15) is 0 Å². The molecule has 1 amide bonds. The minimum atomic E-state index is -0.0123. The highest BCUT2D eigenvalue weighted by atomic mass is 35.5. The van der Waals surface area contributed by atoms with Crippen LogP contribution in [0.25, 0.3) is 0 Å². The smallest absolute Gasteiger partial charge is 0.225 e. The second-order valence-corrected chi connectivity index (χ2v) is 6.00. The van der Waals surface area contributed by atoms with Gasteiger partial charge in [-0.25, -0.2) is 0 Å². The number of hydrogen-bond acceptors (Lipinski definition) is 2. The van der Waals surface area contributed by atoms with Gasteiger partial charge >= 0.3 is 0 Å². The Kier molecular flexibility index (Phi) is 5.45. The molecule has 1 unspecified atom stereocenters. The van der Waals surface area contributed by atoms with Crippen molar-refractivity contribution < 1.29 is 4.79 Å². The first-order valence-electron chi connectivity index (χ1n) is 7.29. The van der Waals surface area contributed by atoms with Crippen molar-refractivity contribution in [3.05, 3.63) is 59.1 Å². The molecule has 2 aromatic carbocycles. The molecule has 2 rings (SSSR count). The molecule has 0 aliphatic rings. The van der Waals surface area contributed by atoms with Crippen LogP contribution in [0.15, 0.2) is 48.5 Å². The molecule has 22 heavy (non-hydrogen) atoms.